The van der Waals surface area contributed by atoms with Crippen molar-refractivity contribution in [3.05, 3.63) is 108 Å². The molecule has 3 aromatic carbocycles. The average Bonchev–Trinajstić information content (AvgIpc) is 2.76. The number of hydrogen-bond donors (Lipinski definition) is 0. The van der Waals surface area contributed by atoms with Gasteiger partial charge < -0.3 is 0 Å². The number of halogens is 1. The summed E-state index contributed by atoms with van der Waals surface area (Å²) in [5, 5.41) is 0. The molecule has 4 rings (SSSR count). The first kappa shape index (κ1) is 21.7. The molecular formula is C28H33Cl. The monoisotopic (exact) mass is 404 g/mol. The van der Waals surface area contributed by atoms with E-state index in [2.05, 4.69) is 112 Å². The number of rotatable bonds is 4. The molecule has 1 aliphatic rings. The fourth-order valence-electron chi connectivity index (χ4n) is 5.66. The summed E-state index contributed by atoms with van der Waals surface area (Å²) < 4.78 is 0. The molecule has 1 saturated carbocycles. The van der Waals surface area contributed by atoms with Gasteiger partial charge in [-0.25, -0.2) is 0 Å². The predicted octanol–water partition coefficient (Wildman–Crippen LogP) is 7.81. The second kappa shape index (κ2) is 8.76. The molecule has 0 amide bonds. The maximum atomic E-state index is 2.51. The van der Waals surface area contributed by atoms with Crippen molar-refractivity contribution in [2.45, 2.75) is 50.9 Å². The van der Waals surface area contributed by atoms with Gasteiger partial charge in [0.15, 0.2) is 0 Å². The lowest BCUT2D eigenvalue weighted by atomic mass is 9.47. The van der Waals surface area contributed by atoms with E-state index in [1.54, 1.807) is 0 Å². The quantitative estimate of drug-likeness (QED) is 0.416. The van der Waals surface area contributed by atoms with Crippen LogP contribution in [0.4, 0.5) is 0 Å². The number of benzene rings is 3. The molecule has 0 nitrogen and oxygen atoms in total. The van der Waals surface area contributed by atoms with Crippen LogP contribution in [0.15, 0.2) is 91.0 Å². The summed E-state index contributed by atoms with van der Waals surface area (Å²) >= 11 is 0. The zero-order chi connectivity index (χ0) is 19.6. The fraction of sp³-hybridized carbons (Fsp3) is 0.357. The van der Waals surface area contributed by atoms with Gasteiger partial charge >= 0.3 is 0 Å². The molecule has 0 N–H and O–H groups in total. The molecule has 0 spiro atoms. The minimum absolute atomic E-state index is 0. The number of hydrogen-bond acceptors (Lipinski definition) is 0. The third kappa shape index (κ3) is 3.64. The van der Waals surface area contributed by atoms with Crippen LogP contribution in [0, 0.1) is 11.8 Å². The van der Waals surface area contributed by atoms with E-state index in [0.717, 1.165) is 5.92 Å². The lowest BCUT2D eigenvalue weighted by molar-refractivity contribution is 0.117. The van der Waals surface area contributed by atoms with Crippen LogP contribution in [0.5, 0.6) is 0 Å². The molecule has 1 aliphatic carbocycles. The van der Waals surface area contributed by atoms with Crippen molar-refractivity contribution in [3.63, 3.8) is 0 Å². The molecule has 152 valence electrons. The first-order valence-electron chi connectivity index (χ1n) is 10.7. The lowest BCUT2D eigenvalue weighted by Gasteiger charge is -2.56. The Labute approximate surface area is 182 Å². The molecule has 0 heterocycles. The van der Waals surface area contributed by atoms with E-state index in [1.165, 1.54) is 36.0 Å². The molecular weight excluding hydrogens is 372 g/mol. The topological polar surface area (TPSA) is 0 Å². The molecule has 0 radical (unpaired) electrons. The van der Waals surface area contributed by atoms with Gasteiger partial charge in [0.1, 0.15) is 0 Å². The third-order valence-corrected chi connectivity index (χ3v) is 7.41. The predicted molar refractivity (Wildman–Crippen MR) is 127 cm³/mol. The normalized spacial score (nSPS) is 23.4. The Kier molecular flexibility index (Phi) is 6.54. The smallest absolute Gasteiger partial charge is 0.0299 e. The van der Waals surface area contributed by atoms with Gasteiger partial charge in [-0.15, -0.1) is 12.4 Å². The summed E-state index contributed by atoms with van der Waals surface area (Å²) in [7, 11) is 0. The molecule has 1 heteroatoms. The van der Waals surface area contributed by atoms with Gasteiger partial charge in [-0.2, -0.15) is 0 Å². The van der Waals surface area contributed by atoms with E-state index in [4.69, 9.17) is 0 Å². The second-order valence-electron chi connectivity index (χ2n) is 9.08. The Morgan fingerprint density at radius 3 is 1.52 bits per heavy atom. The Balaban J connectivity index is 0.00000240. The third-order valence-electron chi connectivity index (χ3n) is 7.41. The minimum Gasteiger partial charge on any atom is -0.147 e. The van der Waals surface area contributed by atoms with Gasteiger partial charge in [0.25, 0.3) is 0 Å². The van der Waals surface area contributed by atoms with Crippen LogP contribution >= 0.6 is 12.4 Å². The van der Waals surface area contributed by atoms with E-state index in [1.807, 2.05) is 0 Å². The molecule has 0 aliphatic heterocycles. The minimum atomic E-state index is -0.0237. The van der Waals surface area contributed by atoms with Crippen LogP contribution < -0.4 is 0 Å². The molecule has 2 atom stereocenters. The fourth-order valence-corrected chi connectivity index (χ4v) is 5.66. The van der Waals surface area contributed by atoms with Crippen molar-refractivity contribution in [1.82, 2.24) is 0 Å². The van der Waals surface area contributed by atoms with Gasteiger partial charge in [0, 0.05) is 10.8 Å². The van der Waals surface area contributed by atoms with Gasteiger partial charge in [0.2, 0.25) is 0 Å². The zero-order valence-corrected chi connectivity index (χ0v) is 18.7. The molecule has 3 aromatic rings. The highest BCUT2D eigenvalue weighted by atomic mass is 35.5. The van der Waals surface area contributed by atoms with E-state index in [0.29, 0.717) is 5.92 Å². The first-order valence-corrected chi connectivity index (χ1v) is 10.7. The van der Waals surface area contributed by atoms with E-state index in [9.17, 15) is 0 Å². The van der Waals surface area contributed by atoms with E-state index in [-0.39, 0.29) is 23.2 Å². The molecule has 2 unspecified atom stereocenters. The van der Waals surface area contributed by atoms with Crippen LogP contribution in [0.1, 0.15) is 56.7 Å². The van der Waals surface area contributed by atoms with Crippen LogP contribution in [0.3, 0.4) is 0 Å². The Morgan fingerprint density at radius 2 is 1.10 bits per heavy atom. The lowest BCUT2D eigenvalue weighted by Crippen LogP contribution is -2.53. The van der Waals surface area contributed by atoms with Gasteiger partial charge in [0.05, 0.1) is 0 Å². The molecule has 1 fully saturated rings. The van der Waals surface area contributed by atoms with Crippen molar-refractivity contribution in [2.24, 2.45) is 11.8 Å². The maximum Gasteiger partial charge on any atom is 0.0299 e. The summed E-state index contributed by atoms with van der Waals surface area (Å²) in [5.74, 6) is 1.43. The van der Waals surface area contributed by atoms with Crippen molar-refractivity contribution in [1.29, 1.82) is 0 Å². The summed E-state index contributed by atoms with van der Waals surface area (Å²) in [6.45, 7) is 7.31. The van der Waals surface area contributed by atoms with Crippen molar-refractivity contribution in [2.75, 3.05) is 0 Å². The highest BCUT2D eigenvalue weighted by Crippen LogP contribution is 2.59. The van der Waals surface area contributed by atoms with Crippen molar-refractivity contribution < 1.29 is 0 Å². The average molecular weight is 405 g/mol. The second-order valence-corrected chi connectivity index (χ2v) is 9.08. The summed E-state index contributed by atoms with van der Waals surface area (Å²) in [4.78, 5) is 0. The zero-order valence-electron chi connectivity index (χ0n) is 17.8. The molecule has 0 saturated heterocycles. The summed E-state index contributed by atoms with van der Waals surface area (Å²) in [5.41, 5.74) is 4.41. The van der Waals surface area contributed by atoms with E-state index >= 15 is 0 Å². The first-order chi connectivity index (χ1) is 13.6. The van der Waals surface area contributed by atoms with Crippen LogP contribution in [-0.4, -0.2) is 0 Å². The van der Waals surface area contributed by atoms with Gasteiger partial charge in [-0.1, -0.05) is 112 Å². The van der Waals surface area contributed by atoms with E-state index < -0.39 is 0 Å². The molecule has 29 heavy (non-hydrogen) atoms. The Morgan fingerprint density at radius 1 is 0.690 bits per heavy atom. The molecule has 0 bridgehead atoms. The van der Waals surface area contributed by atoms with Crippen LogP contribution in [0.25, 0.3) is 0 Å². The van der Waals surface area contributed by atoms with Gasteiger partial charge in [-0.3, -0.25) is 0 Å². The van der Waals surface area contributed by atoms with Crippen molar-refractivity contribution >= 4 is 12.4 Å². The Bertz CT molecular complexity index is 846. The molecule has 0 aromatic heterocycles. The van der Waals surface area contributed by atoms with Crippen LogP contribution in [-0.2, 0) is 10.8 Å². The Hall–Kier alpha value is -2.05. The highest BCUT2D eigenvalue weighted by molar-refractivity contribution is 5.85. The SMILES string of the molecule is CC(C)C1CCC(C)(c2ccccc2)C(c2ccccc2)(c2ccccc2)C1.Cl. The highest BCUT2D eigenvalue weighted by Gasteiger charge is 2.54. The van der Waals surface area contributed by atoms with Crippen LogP contribution in [0.2, 0.25) is 0 Å². The standard InChI is InChI=1S/C28H32.ClH/c1-22(2)23-19-20-27(3,24-13-7-4-8-14-24)28(21-23,25-15-9-5-10-16-25)26-17-11-6-12-18-26;/h4-18,22-23H,19-21H2,1-3H3;1H. The van der Waals surface area contributed by atoms with Crippen molar-refractivity contribution in [3.8, 4) is 0 Å². The maximum absolute atomic E-state index is 2.51. The van der Waals surface area contributed by atoms with Gasteiger partial charge in [-0.05, 0) is 47.8 Å². The summed E-state index contributed by atoms with van der Waals surface area (Å²) in [6, 6.07) is 33.8. The summed E-state index contributed by atoms with van der Waals surface area (Å²) in [6.07, 6.45) is 3.71. The largest absolute Gasteiger partial charge is 0.147 e.